The first-order valence-electron chi connectivity index (χ1n) is 4.97. The van der Waals surface area contributed by atoms with Crippen LogP contribution in [0.25, 0.3) is 11.5 Å². The van der Waals surface area contributed by atoms with Crippen LogP contribution >= 0.6 is 0 Å². The highest BCUT2D eigenvalue weighted by molar-refractivity contribution is 5.73. The predicted molar refractivity (Wildman–Crippen MR) is 59.0 cm³/mol. The third kappa shape index (κ3) is 2.31. The Bertz CT molecular complexity index is 533. The van der Waals surface area contributed by atoms with Crippen LogP contribution in [0.1, 0.15) is 17.5 Å². The molecule has 0 aliphatic rings. The van der Waals surface area contributed by atoms with Crippen molar-refractivity contribution in [3.05, 3.63) is 35.7 Å². The molecule has 0 radical (unpaired) electrons. The average Bonchev–Trinajstić information content (AvgIpc) is 2.78. The van der Waals surface area contributed by atoms with Gasteiger partial charge in [0.2, 0.25) is 11.8 Å². The third-order valence-electron chi connectivity index (χ3n) is 2.27. The fourth-order valence-corrected chi connectivity index (χ4v) is 1.28. The molecule has 6 heteroatoms. The second kappa shape index (κ2) is 4.34. The molecule has 0 spiro atoms. The number of hydrogen-bond acceptors (Lipinski definition) is 5. The quantitative estimate of drug-likeness (QED) is 0.823. The van der Waals surface area contributed by atoms with Crippen molar-refractivity contribution in [1.29, 1.82) is 0 Å². The van der Waals surface area contributed by atoms with Crippen LogP contribution in [-0.4, -0.2) is 21.3 Å². The van der Waals surface area contributed by atoms with Gasteiger partial charge >= 0.3 is 5.97 Å². The van der Waals surface area contributed by atoms with Gasteiger partial charge in [-0.3, -0.25) is 0 Å². The summed E-state index contributed by atoms with van der Waals surface area (Å²) in [6.07, 6.45) is 0. The summed E-state index contributed by atoms with van der Waals surface area (Å²) in [7, 11) is 0. The molecule has 0 saturated carbocycles. The van der Waals surface area contributed by atoms with Crippen molar-refractivity contribution >= 4 is 5.97 Å². The lowest BCUT2D eigenvalue weighted by molar-refractivity contribution is -0.139. The van der Waals surface area contributed by atoms with Crippen molar-refractivity contribution in [2.24, 2.45) is 5.73 Å². The summed E-state index contributed by atoms with van der Waals surface area (Å²) in [6.45, 7) is 1.96. The number of carboxylic acid groups (broad SMARTS) is 1. The summed E-state index contributed by atoms with van der Waals surface area (Å²) in [5.41, 5.74) is 7.19. The van der Waals surface area contributed by atoms with Gasteiger partial charge in [0, 0.05) is 5.56 Å². The van der Waals surface area contributed by atoms with Crippen LogP contribution in [0.4, 0.5) is 0 Å². The smallest absolute Gasteiger partial charge is 0.330 e. The summed E-state index contributed by atoms with van der Waals surface area (Å²) in [5, 5.41) is 16.1. The summed E-state index contributed by atoms with van der Waals surface area (Å²) in [6, 6.07) is 6.14. The van der Waals surface area contributed by atoms with Gasteiger partial charge in [-0.1, -0.05) is 17.7 Å². The highest BCUT2D eigenvalue weighted by Gasteiger charge is 2.21. The lowest BCUT2D eigenvalue weighted by atomic mass is 10.1. The SMILES string of the molecule is Cc1ccc(-c2nnc(C(N)C(=O)O)o2)cc1. The van der Waals surface area contributed by atoms with E-state index in [-0.39, 0.29) is 11.8 Å². The molecule has 2 rings (SSSR count). The molecule has 2 aromatic rings. The molecule has 0 aliphatic heterocycles. The highest BCUT2D eigenvalue weighted by atomic mass is 16.4. The maximum Gasteiger partial charge on any atom is 0.330 e. The second-order valence-electron chi connectivity index (χ2n) is 3.63. The number of aliphatic carboxylic acids is 1. The molecule has 1 aromatic heterocycles. The van der Waals surface area contributed by atoms with Gasteiger partial charge in [0.25, 0.3) is 0 Å². The number of aromatic nitrogens is 2. The molecule has 1 heterocycles. The minimum absolute atomic E-state index is 0.104. The molecule has 0 bridgehead atoms. The van der Waals surface area contributed by atoms with E-state index in [0.717, 1.165) is 11.1 Å². The van der Waals surface area contributed by atoms with E-state index in [4.69, 9.17) is 15.3 Å². The van der Waals surface area contributed by atoms with E-state index in [1.807, 2.05) is 31.2 Å². The first-order chi connectivity index (χ1) is 8.08. The highest BCUT2D eigenvalue weighted by Crippen LogP contribution is 2.20. The maximum atomic E-state index is 10.6. The molecule has 1 aromatic carbocycles. The predicted octanol–water partition coefficient (Wildman–Crippen LogP) is 1.13. The summed E-state index contributed by atoms with van der Waals surface area (Å²) >= 11 is 0. The van der Waals surface area contributed by atoms with E-state index < -0.39 is 12.0 Å². The van der Waals surface area contributed by atoms with Gasteiger partial charge in [-0.2, -0.15) is 0 Å². The largest absolute Gasteiger partial charge is 0.480 e. The van der Waals surface area contributed by atoms with Crippen LogP contribution in [-0.2, 0) is 4.79 Å². The zero-order valence-corrected chi connectivity index (χ0v) is 9.12. The molecule has 88 valence electrons. The molecule has 0 saturated heterocycles. The lowest BCUT2D eigenvalue weighted by Crippen LogP contribution is -2.20. The maximum absolute atomic E-state index is 10.6. The molecule has 6 nitrogen and oxygen atoms in total. The number of rotatable bonds is 3. The van der Waals surface area contributed by atoms with E-state index in [9.17, 15) is 4.79 Å². The van der Waals surface area contributed by atoms with Crippen molar-refractivity contribution in [1.82, 2.24) is 10.2 Å². The lowest BCUT2D eigenvalue weighted by Gasteiger charge is -1.98. The van der Waals surface area contributed by atoms with Crippen molar-refractivity contribution in [3.63, 3.8) is 0 Å². The van der Waals surface area contributed by atoms with Crippen molar-refractivity contribution in [3.8, 4) is 11.5 Å². The van der Waals surface area contributed by atoms with Gasteiger partial charge in [-0.05, 0) is 19.1 Å². The Kier molecular flexibility index (Phi) is 2.88. The number of carbonyl (C=O) groups is 1. The molecule has 0 fully saturated rings. The summed E-state index contributed by atoms with van der Waals surface area (Å²) in [4.78, 5) is 10.6. The van der Waals surface area contributed by atoms with E-state index in [2.05, 4.69) is 10.2 Å². The Balaban J connectivity index is 2.29. The molecule has 17 heavy (non-hydrogen) atoms. The Morgan fingerprint density at radius 2 is 2.00 bits per heavy atom. The minimum Gasteiger partial charge on any atom is -0.480 e. The number of hydrogen-bond donors (Lipinski definition) is 2. The number of nitrogens with two attached hydrogens (primary N) is 1. The molecule has 1 unspecified atom stereocenters. The monoisotopic (exact) mass is 233 g/mol. The molecule has 0 amide bonds. The summed E-state index contributed by atoms with van der Waals surface area (Å²) < 4.78 is 5.20. The zero-order chi connectivity index (χ0) is 12.4. The number of aryl methyl sites for hydroxylation is 1. The fourth-order valence-electron chi connectivity index (χ4n) is 1.28. The number of nitrogens with zero attached hydrogens (tertiary/aromatic N) is 2. The normalized spacial score (nSPS) is 12.4. The van der Waals surface area contributed by atoms with Crippen molar-refractivity contribution < 1.29 is 14.3 Å². The van der Waals surface area contributed by atoms with Gasteiger partial charge < -0.3 is 15.3 Å². The van der Waals surface area contributed by atoms with Crippen LogP contribution in [0.15, 0.2) is 28.7 Å². The van der Waals surface area contributed by atoms with Gasteiger partial charge in [0.15, 0.2) is 6.04 Å². The molecular weight excluding hydrogens is 222 g/mol. The van der Waals surface area contributed by atoms with Gasteiger partial charge in [0.05, 0.1) is 0 Å². The Morgan fingerprint density at radius 1 is 1.35 bits per heavy atom. The number of carboxylic acids is 1. The molecule has 3 N–H and O–H groups in total. The average molecular weight is 233 g/mol. The standard InChI is InChI=1S/C11H11N3O3/c1-6-2-4-7(5-3-6)9-13-14-10(17-9)8(12)11(15)16/h2-5,8H,12H2,1H3,(H,15,16). The van der Waals surface area contributed by atoms with E-state index in [1.165, 1.54) is 0 Å². The zero-order valence-electron chi connectivity index (χ0n) is 9.12. The second-order valence-corrected chi connectivity index (χ2v) is 3.63. The molecular formula is C11H11N3O3. The summed E-state index contributed by atoms with van der Waals surface area (Å²) in [5.74, 6) is -1.05. The van der Waals surface area contributed by atoms with Crippen LogP contribution in [0.2, 0.25) is 0 Å². The first kappa shape index (κ1) is 11.3. The topological polar surface area (TPSA) is 102 Å². The first-order valence-corrected chi connectivity index (χ1v) is 4.97. The third-order valence-corrected chi connectivity index (χ3v) is 2.27. The van der Waals surface area contributed by atoms with Crippen LogP contribution in [0.3, 0.4) is 0 Å². The van der Waals surface area contributed by atoms with Crippen LogP contribution < -0.4 is 5.73 Å². The van der Waals surface area contributed by atoms with E-state index in [0.29, 0.717) is 0 Å². The van der Waals surface area contributed by atoms with Crippen molar-refractivity contribution in [2.45, 2.75) is 13.0 Å². The van der Waals surface area contributed by atoms with Gasteiger partial charge in [-0.25, -0.2) is 4.79 Å². The van der Waals surface area contributed by atoms with Crippen molar-refractivity contribution in [2.75, 3.05) is 0 Å². The molecule has 0 aliphatic carbocycles. The number of benzene rings is 1. The van der Waals surface area contributed by atoms with Gasteiger partial charge in [0.1, 0.15) is 0 Å². The van der Waals surface area contributed by atoms with Crippen LogP contribution in [0.5, 0.6) is 0 Å². The Labute approximate surface area is 97.1 Å². The van der Waals surface area contributed by atoms with Gasteiger partial charge in [-0.15, -0.1) is 10.2 Å². The Morgan fingerprint density at radius 3 is 2.59 bits per heavy atom. The van der Waals surface area contributed by atoms with E-state index >= 15 is 0 Å². The van der Waals surface area contributed by atoms with Crippen LogP contribution in [0, 0.1) is 6.92 Å². The Hall–Kier alpha value is -2.21. The fraction of sp³-hybridized carbons (Fsp3) is 0.182. The molecule has 1 atom stereocenters. The minimum atomic E-state index is -1.29. The van der Waals surface area contributed by atoms with E-state index in [1.54, 1.807) is 0 Å².